The highest BCUT2D eigenvalue weighted by atomic mass is 35.5. The number of nitrogens with one attached hydrogen (secondary N) is 1. The molecule has 1 aliphatic heterocycles. The fourth-order valence-corrected chi connectivity index (χ4v) is 3.70. The highest BCUT2D eigenvalue weighted by molar-refractivity contribution is 6.30. The van der Waals surface area contributed by atoms with Gasteiger partial charge in [0.1, 0.15) is 5.82 Å². The van der Waals surface area contributed by atoms with Crippen molar-refractivity contribution in [1.82, 2.24) is 9.88 Å². The lowest BCUT2D eigenvalue weighted by Crippen LogP contribution is -2.36. The lowest BCUT2D eigenvalue weighted by molar-refractivity contribution is 0.0725. The lowest BCUT2D eigenvalue weighted by atomic mass is 10.1. The second kappa shape index (κ2) is 8.15. The Balaban J connectivity index is 1.72. The normalized spacial score (nSPS) is 14.3. The minimum atomic E-state index is -0.355. The summed E-state index contributed by atoms with van der Waals surface area (Å²) in [6, 6.07) is 11.9. The van der Waals surface area contributed by atoms with Crippen molar-refractivity contribution in [2.75, 3.05) is 18.4 Å². The first kappa shape index (κ1) is 18.7. The van der Waals surface area contributed by atoms with Crippen LogP contribution in [-0.2, 0) is 6.54 Å². The Morgan fingerprint density at radius 2 is 1.86 bits per heavy atom. The molecule has 1 aliphatic rings. The van der Waals surface area contributed by atoms with Gasteiger partial charge in [0.2, 0.25) is 0 Å². The SMILES string of the molecule is O=C(c1cnc2ccc(F)cc2c1NCc1ccc(Cl)cc1)N1CCCCC1. The van der Waals surface area contributed by atoms with Crippen molar-refractivity contribution in [1.29, 1.82) is 0 Å². The molecule has 0 unspecified atom stereocenters. The van der Waals surface area contributed by atoms with Gasteiger partial charge < -0.3 is 10.2 Å². The molecule has 1 N–H and O–H groups in total. The van der Waals surface area contributed by atoms with Crippen molar-refractivity contribution in [3.8, 4) is 0 Å². The van der Waals surface area contributed by atoms with Crippen LogP contribution in [0.25, 0.3) is 10.9 Å². The third-order valence-electron chi connectivity index (χ3n) is 5.09. The molecule has 144 valence electrons. The molecule has 0 atom stereocenters. The molecule has 0 saturated carbocycles. The zero-order valence-electron chi connectivity index (χ0n) is 15.4. The maximum atomic E-state index is 13.9. The van der Waals surface area contributed by atoms with Crippen LogP contribution in [0.4, 0.5) is 10.1 Å². The third kappa shape index (κ3) is 3.94. The summed E-state index contributed by atoms with van der Waals surface area (Å²) in [6.07, 6.45) is 4.76. The van der Waals surface area contributed by atoms with Crippen molar-refractivity contribution in [3.63, 3.8) is 0 Å². The standard InChI is InChI=1S/C22H21ClFN3O/c23-16-6-4-15(5-7-16)13-26-21-18-12-17(24)8-9-20(18)25-14-19(21)22(28)27-10-2-1-3-11-27/h4-9,12,14H,1-3,10-11,13H2,(H,25,26). The number of anilines is 1. The monoisotopic (exact) mass is 397 g/mol. The molecule has 28 heavy (non-hydrogen) atoms. The van der Waals surface area contributed by atoms with Crippen LogP contribution in [-0.4, -0.2) is 28.9 Å². The third-order valence-corrected chi connectivity index (χ3v) is 5.34. The molecular formula is C22H21ClFN3O. The van der Waals surface area contributed by atoms with Gasteiger partial charge in [-0.05, 0) is 55.2 Å². The smallest absolute Gasteiger partial charge is 0.257 e. The molecule has 3 aromatic rings. The molecule has 4 rings (SSSR count). The second-order valence-electron chi connectivity index (χ2n) is 7.04. The quantitative estimate of drug-likeness (QED) is 0.652. The maximum absolute atomic E-state index is 13.9. The van der Waals surface area contributed by atoms with Crippen LogP contribution in [0.1, 0.15) is 35.2 Å². The number of aromatic nitrogens is 1. The van der Waals surface area contributed by atoms with E-state index in [9.17, 15) is 9.18 Å². The van der Waals surface area contributed by atoms with E-state index in [1.165, 1.54) is 12.1 Å². The number of carbonyl (C=O) groups is 1. The van der Waals surface area contributed by atoms with Gasteiger partial charge in [0.25, 0.3) is 5.91 Å². The number of benzene rings is 2. The summed E-state index contributed by atoms with van der Waals surface area (Å²) in [5.74, 6) is -0.414. The zero-order chi connectivity index (χ0) is 19.5. The Labute approximate surface area is 168 Å². The number of fused-ring (bicyclic) bond motifs is 1. The summed E-state index contributed by atoms with van der Waals surface area (Å²) in [5.41, 5.74) is 2.77. The predicted octanol–water partition coefficient (Wildman–Crippen LogP) is 5.27. The Morgan fingerprint density at radius 1 is 1.11 bits per heavy atom. The van der Waals surface area contributed by atoms with Crippen molar-refractivity contribution >= 4 is 34.1 Å². The summed E-state index contributed by atoms with van der Waals surface area (Å²) < 4.78 is 13.9. The van der Waals surface area contributed by atoms with Crippen LogP contribution in [0.3, 0.4) is 0 Å². The molecule has 6 heteroatoms. The summed E-state index contributed by atoms with van der Waals surface area (Å²) in [6.45, 7) is 1.99. The molecule has 2 aromatic carbocycles. The van der Waals surface area contributed by atoms with Crippen molar-refractivity contribution in [2.24, 2.45) is 0 Å². The molecule has 0 radical (unpaired) electrons. The van der Waals surface area contributed by atoms with E-state index in [4.69, 9.17) is 11.6 Å². The Kier molecular flexibility index (Phi) is 5.44. The van der Waals surface area contributed by atoms with Gasteiger partial charge in [0.15, 0.2) is 0 Å². The summed E-state index contributed by atoms with van der Waals surface area (Å²) in [4.78, 5) is 19.4. The van der Waals surface area contributed by atoms with Crippen molar-refractivity contribution in [2.45, 2.75) is 25.8 Å². The van der Waals surface area contributed by atoms with E-state index < -0.39 is 0 Å². The van der Waals surface area contributed by atoms with Gasteiger partial charge in [-0.3, -0.25) is 9.78 Å². The molecule has 1 saturated heterocycles. The molecule has 1 aromatic heterocycles. The number of nitrogens with zero attached hydrogens (tertiary/aromatic N) is 2. The number of halogens is 2. The van der Waals surface area contributed by atoms with E-state index in [-0.39, 0.29) is 11.7 Å². The zero-order valence-corrected chi connectivity index (χ0v) is 16.2. The van der Waals surface area contributed by atoms with Crippen molar-refractivity contribution < 1.29 is 9.18 Å². The van der Waals surface area contributed by atoms with Crippen LogP contribution >= 0.6 is 11.6 Å². The van der Waals surface area contributed by atoms with E-state index in [0.29, 0.717) is 33.7 Å². The maximum Gasteiger partial charge on any atom is 0.257 e. The summed E-state index contributed by atoms with van der Waals surface area (Å²) in [5, 5.41) is 4.62. The van der Waals surface area contributed by atoms with Gasteiger partial charge in [-0.25, -0.2) is 4.39 Å². The fourth-order valence-electron chi connectivity index (χ4n) is 3.58. The average molecular weight is 398 g/mol. The number of carbonyl (C=O) groups excluding carboxylic acids is 1. The van der Waals surface area contributed by atoms with E-state index in [0.717, 1.165) is 37.9 Å². The van der Waals surface area contributed by atoms with E-state index in [1.807, 2.05) is 29.2 Å². The molecule has 1 amide bonds. The number of likely N-dealkylation sites (tertiary alicyclic amines) is 1. The van der Waals surface area contributed by atoms with Gasteiger partial charge in [-0.1, -0.05) is 23.7 Å². The van der Waals surface area contributed by atoms with Gasteiger partial charge in [0.05, 0.1) is 16.8 Å². The minimum absolute atomic E-state index is 0.0584. The number of piperidine rings is 1. The highest BCUT2D eigenvalue weighted by Gasteiger charge is 2.23. The van der Waals surface area contributed by atoms with Gasteiger partial charge in [-0.15, -0.1) is 0 Å². The number of pyridine rings is 1. The second-order valence-corrected chi connectivity index (χ2v) is 7.48. The van der Waals surface area contributed by atoms with Gasteiger partial charge >= 0.3 is 0 Å². The van der Waals surface area contributed by atoms with Crippen LogP contribution in [0, 0.1) is 5.82 Å². The first-order chi connectivity index (χ1) is 13.6. The molecular weight excluding hydrogens is 377 g/mol. The average Bonchev–Trinajstić information content (AvgIpc) is 2.73. The molecule has 0 aliphatic carbocycles. The van der Waals surface area contributed by atoms with Gasteiger partial charge in [-0.2, -0.15) is 0 Å². The van der Waals surface area contributed by atoms with Crippen molar-refractivity contribution in [3.05, 3.63) is 70.6 Å². The number of hydrogen-bond acceptors (Lipinski definition) is 3. The van der Waals surface area contributed by atoms with Crippen LogP contribution in [0.5, 0.6) is 0 Å². The topological polar surface area (TPSA) is 45.2 Å². The fraction of sp³-hybridized carbons (Fsp3) is 0.273. The lowest BCUT2D eigenvalue weighted by Gasteiger charge is -2.27. The summed E-state index contributed by atoms with van der Waals surface area (Å²) in [7, 11) is 0. The molecule has 0 bridgehead atoms. The van der Waals surface area contributed by atoms with E-state index in [2.05, 4.69) is 10.3 Å². The van der Waals surface area contributed by atoms with Crippen LogP contribution < -0.4 is 5.32 Å². The molecule has 1 fully saturated rings. The Morgan fingerprint density at radius 3 is 2.61 bits per heavy atom. The first-order valence-electron chi connectivity index (χ1n) is 9.48. The van der Waals surface area contributed by atoms with Crippen LogP contribution in [0.2, 0.25) is 5.02 Å². The number of rotatable bonds is 4. The molecule has 4 nitrogen and oxygen atoms in total. The molecule has 2 heterocycles. The first-order valence-corrected chi connectivity index (χ1v) is 9.85. The number of hydrogen-bond donors (Lipinski definition) is 1. The molecule has 0 spiro atoms. The Hall–Kier alpha value is -2.66. The van der Waals surface area contributed by atoms with E-state index in [1.54, 1.807) is 12.3 Å². The minimum Gasteiger partial charge on any atom is -0.380 e. The predicted molar refractivity (Wildman–Crippen MR) is 110 cm³/mol. The number of amides is 1. The van der Waals surface area contributed by atoms with Crippen LogP contribution in [0.15, 0.2) is 48.7 Å². The highest BCUT2D eigenvalue weighted by Crippen LogP contribution is 2.29. The van der Waals surface area contributed by atoms with Gasteiger partial charge in [0, 0.05) is 36.2 Å². The Bertz CT molecular complexity index is 1000. The largest absolute Gasteiger partial charge is 0.380 e. The van der Waals surface area contributed by atoms with E-state index >= 15 is 0 Å². The summed E-state index contributed by atoms with van der Waals surface area (Å²) >= 11 is 5.96.